The van der Waals surface area contributed by atoms with Gasteiger partial charge in [0.05, 0.1) is 17.7 Å². The molecular formula is C16H19NO2. The van der Waals surface area contributed by atoms with Gasteiger partial charge in [0.15, 0.2) is 0 Å². The van der Waals surface area contributed by atoms with Gasteiger partial charge in [0.25, 0.3) is 0 Å². The molecule has 3 rings (SSSR count). The zero-order chi connectivity index (χ0) is 13.2. The van der Waals surface area contributed by atoms with Crippen molar-refractivity contribution < 1.29 is 9.53 Å². The smallest absolute Gasteiger partial charge is 0.232 e. The molecule has 2 aliphatic heterocycles. The van der Waals surface area contributed by atoms with Crippen LogP contribution in [0.5, 0.6) is 0 Å². The van der Waals surface area contributed by atoms with Crippen molar-refractivity contribution in [1.29, 1.82) is 0 Å². The Labute approximate surface area is 113 Å². The molecule has 1 aromatic rings. The summed E-state index contributed by atoms with van der Waals surface area (Å²) in [4.78, 5) is 14.7. The molecule has 0 N–H and O–H groups in total. The predicted molar refractivity (Wildman–Crippen MR) is 76.0 cm³/mol. The fraction of sp³-hybridized carbons (Fsp3) is 0.438. The Morgan fingerprint density at radius 3 is 3.00 bits per heavy atom. The number of ether oxygens (including phenoxy) is 1. The van der Waals surface area contributed by atoms with Gasteiger partial charge in [-0.1, -0.05) is 30.4 Å². The van der Waals surface area contributed by atoms with Gasteiger partial charge in [0.2, 0.25) is 5.91 Å². The molecule has 0 spiro atoms. The molecule has 0 unspecified atom stereocenters. The van der Waals surface area contributed by atoms with Crippen LogP contribution in [0.4, 0.5) is 5.69 Å². The highest BCUT2D eigenvalue weighted by Gasteiger charge is 2.34. The first-order valence-corrected chi connectivity index (χ1v) is 6.96. The van der Waals surface area contributed by atoms with Crippen molar-refractivity contribution in [3.8, 4) is 0 Å². The number of fused-ring (bicyclic) bond motifs is 1. The Kier molecular flexibility index (Phi) is 3.38. The van der Waals surface area contributed by atoms with Crippen LogP contribution in [-0.4, -0.2) is 25.2 Å². The average molecular weight is 257 g/mol. The van der Waals surface area contributed by atoms with Crippen LogP contribution in [0, 0.1) is 5.92 Å². The van der Waals surface area contributed by atoms with E-state index in [1.165, 1.54) is 0 Å². The Bertz CT molecular complexity index is 509. The van der Waals surface area contributed by atoms with Crippen LogP contribution < -0.4 is 4.90 Å². The summed E-state index contributed by atoms with van der Waals surface area (Å²) in [6, 6.07) is 8.10. The summed E-state index contributed by atoms with van der Waals surface area (Å²) in [6.07, 6.45) is 6.03. The van der Waals surface area contributed by atoms with Gasteiger partial charge in [-0.3, -0.25) is 4.79 Å². The summed E-state index contributed by atoms with van der Waals surface area (Å²) < 4.78 is 5.53. The lowest BCUT2D eigenvalue weighted by Gasteiger charge is -2.27. The lowest BCUT2D eigenvalue weighted by molar-refractivity contribution is -0.123. The van der Waals surface area contributed by atoms with E-state index in [-0.39, 0.29) is 17.9 Å². The summed E-state index contributed by atoms with van der Waals surface area (Å²) >= 11 is 0. The Morgan fingerprint density at radius 2 is 2.21 bits per heavy atom. The minimum absolute atomic E-state index is 0.00570. The molecule has 1 saturated heterocycles. The van der Waals surface area contributed by atoms with E-state index in [1.807, 2.05) is 30.0 Å². The third kappa shape index (κ3) is 2.30. The van der Waals surface area contributed by atoms with Crippen molar-refractivity contribution in [2.45, 2.75) is 25.9 Å². The minimum Gasteiger partial charge on any atom is -0.378 e. The highest BCUT2D eigenvalue weighted by atomic mass is 16.5. The Balaban J connectivity index is 1.91. The molecule has 1 fully saturated rings. The van der Waals surface area contributed by atoms with E-state index in [4.69, 9.17) is 4.74 Å². The lowest BCUT2D eigenvalue weighted by atomic mass is 10.00. The van der Waals surface area contributed by atoms with E-state index in [0.717, 1.165) is 30.6 Å². The summed E-state index contributed by atoms with van der Waals surface area (Å²) in [5, 5.41) is 0. The van der Waals surface area contributed by atoms with Crippen molar-refractivity contribution in [3.63, 3.8) is 0 Å². The van der Waals surface area contributed by atoms with E-state index in [9.17, 15) is 4.79 Å². The maximum atomic E-state index is 12.7. The van der Waals surface area contributed by atoms with Crippen LogP contribution in [0.25, 0.3) is 6.08 Å². The highest BCUT2D eigenvalue weighted by molar-refractivity contribution is 5.97. The monoisotopic (exact) mass is 257 g/mol. The van der Waals surface area contributed by atoms with Crippen LogP contribution in [0.2, 0.25) is 0 Å². The van der Waals surface area contributed by atoms with Gasteiger partial charge < -0.3 is 9.64 Å². The topological polar surface area (TPSA) is 29.5 Å². The van der Waals surface area contributed by atoms with Gasteiger partial charge in [0.1, 0.15) is 0 Å². The maximum Gasteiger partial charge on any atom is 0.232 e. The summed E-state index contributed by atoms with van der Waals surface area (Å²) in [7, 11) is 0. The normalized spacial score (nSPS) is 26.1. The molecule has 2 heterocycles. The fourth-order valence-corrected chi connectivity index (χ4v) is 2.89. The molecule has 2 aliphatic rings. The van der Waals surface area contributed by atoms with Crippen LogP contribution in [0.3, 0.4) is 0 Å². The summed E-state index contributed by atoms with van der Waals surface area (Å²) in [6.45, 7) is 3.46. The zero-order valence-electron chi connectivity index (χ0n) is 11.2. The van der Waals surface area contributed by atoms with Gasteiger partial charge >= 0.3 is 0 Å². The van der Waals surface area contributed by atoms with Crippen LogP contribution in [0.1, 0.15) is 25.3 Å². The van der Waals surface area contributed by atoms with Crippen LogP contribution in [-0.2, 0) is 9.53 Å². The molecule has 1 amide bonds. The molecular weight excluding hydrogens is 238 g/mol. The molecule has 1 aromatic carbocycles. The second-order valence-electron chi connectivity index (χ2n) is 5.21. The van der Waals surface area contributed by atoms with Crippen molar-refractivity contribution in [3.05, 3.63) is 35.9 Å². The third-order valence-electron chi connectivity index (χ3n) is 4.00. The Morgan fingerprint density at radius 1 is 1.37 bits per heavy atom. The lowest BCUT2D eigenvalue weighted by Crippen LogP contribution is -2.39. The highest BCUT2D eigenvalue weighted by Crippen LogP contribution is 2.30. The average Bonchev–Trinajstić information content (AvgIpc) is 2.74. The van der Waals surface area contributed by atoms with Crippen molar-refractivity contribution in [2.75, 3.05) is 18.1 Å². The van der Waals surface area contributed by atoms with Gasteiger partial charge in [-0.15, -0.1) is 0 Å². The van der Waals surface area contributed by atoms with E-state index < -0.39 is 0 Å². The number of anilines is 1. The van der Waals surface area contributed by atoms with Crippen molar-refractivity contribution in [2.24, 2.45) is 5.92 Å². The first-order chi connectivity index (χ1) is 9.27. The first kappa shape index (κ1) is 12.4. The molecule has 3 nitrogen and oxygen atoms in total. The second-order valence-corrected chi connectivity index (χ2v) is 5.21. The van der Waals surface area contributed by atoms with Gasteiger partial charge in [-0.2, -0.15) is 0 Å². The van der Waals surface area contributed by atoms with Crippen molar-refractivity contribution in [1.82, 2.24) is 0 Å². The largest absolute Gasteiger partial charge is 0.378 e. The number of hydrogen-bond acceptors (Lipinski definition) is 2. The van der Waals surface area contributed by atoms with Crippen molar-refractivity contribution >= 4 is 17.7 Å². The maximum absolute atomic E-state index is 12.7. The molecule has 19 heavy (non-hydrogen) atoms. The number of rotatable bonds is 1. The number of amides is 1. The quantitative estimate of drug-likeness (QED) is 0.774. The Hall–Kier alpha value is -1.61. The minimum atomic E-state index is 0.00570. The number of nitrogens with zero attached hydrogens (tertiary/aromatic N) is 1. The van der Waals surface area contributed by atoms with Gasteiger partial charge in [-0.05, 0) is 31.4 Å². The first-order valence-electron chi connectivity index (χ1n) is 6.96. The molecule has 0 saturated carbocycles. The van der Waals surface area contributed by atoms with Gasteiger partial charge in [-0.25, -0.2) is 0 Å². The number of carbonyl (C=O) groups excluding carboxylic acids is 1. The third-order valence-corrected chi connectivity index (χ3v) is 4.00. The van der Waals surface area contributed by atoms with E-state index in [0.29, 0.717) is 6.61 Å². The van der Waals surface area contributed by atoms with Crippen LogP contribution >= 0.6 is 0 Å². The van der Waals surface area contributed by atoms with E-state index in [1.54, 1.807) is 0 Å². The molecule has 2 atom stereocenters. The number of benzene rings is 1. The van der Waals surface area contributed by atoms with Gasteiger partial charge in [0, 0.05) is 13.2 Å². The molecule has 3 heteroatoms. The zero-order valence-corrected chi connectivity index (χ0v) is 11.2. The summed E-state index contributed by atoms with van der Waals surface area (Å²) in [5.41, 5.74) is 2.15. The molecule has 0 aliphatic carbocycles. The number of hydrogen-bond donors (Lipinski definition) is 0. The number of carbonyl (C=O) groups is 1. The predicted octanol–water partition coefficient (Wildman–Crippen LogP) is 2.86. The number of para-hydroxylation sites is 1. The SMILES string of the molecule is C[C@@H]1OCC[C@H]1C(=O)N1CCC=Cc2ccccc21. The van der Waals surface area contributed by atoms with E-state index in [2.05, 4.69) is 18.2 Å². The fourth-order valence-electron chi connectivity index (χ4n) is 2.89. The molecule has 0 radical (unpaired) electrons. The molecule has 0 bridgehead atoms. The van der Waals surface area contributed by atoms with Crippen LogP contribution in [0.15, 0.2) is 30.3 Å². The molecule has 100 valence electrons. The molecule has 0 aromatic heterocycles. The second kappa shape index (κ2) is 5.17. The van der Waals surface area contributed by atoms with E-state index >= 15 is 0 Å². The standard InChI is InChI=1S/C16H19NO2/c1-12-14(9-11-19-12)16(18)17-10-5-4-7-13-6-2-3-8-15(13)17/h2-4,6-8,12,14H,5,9-11H2,1H3/t12-,14+/m0/s1. The summed E-state index contributed by atoms with van der Waals surface area (Å²) in [5.74, 6) is 0.215.